The molecule has 0 radical (unpaired) electrons. The zero-order chi connectivity index (χ0) is 20.3. The Labute approximate surface area is 160 Å². The number of aromatic nitrogens is 2. The van der Waals surface area contributed by atoms with Crippen molar-refractivity contribution >= 4 is 11.9 Å². The monoisotopic (exact) mass is 378 g/mol. The Bertz CT molecular complexity index is 1100. The molecule has 0 bridgehead atoms. The SMILES string of the molecule is C#Cc1cc(F)cc(-c2nn(-c3ccccc3)c(C(=O)OC)c2C(=O)OC)c1. The highest BCUT2D eigenvalue weighted by Gasteiger charge is 2.31. The Morgan fingerprint density at radius 2 is 1.75 bits per heavy atom. The molecule has 7 heteroatoms. The second kappa shape index (κ2) is 7.76. The lowest BCUT2D eigenvalue weighted by Gasteiger charge is -2.07. The van der Waals surface area contributed by atoms with Crippen molar-refractivity contribution in [2.75, 3.05) is 14.2 Å². The molecule has 1 heterocycles. The van der Waals surface area contributed by atoms with Crippen molar-refractivity contribution in [1.82, 2.24) is 9.78 Å². The molecule has 0 saturated carbocycles. The fourth-order valence-corrected chi connectivity index (χ4v) is 2.77. The van der Waals surface area contributed by atoms with E-state index >= 15 is 0 Å². The number of para-hydroxylation sites is 1. The van der Waals surface area contributed by atoms with E-state index in [1.54, 1.807) is 30.3 Å². The number of rotatable bonds is 4. The number of methoxy groups -OCH3 is 2. The van der Waals surface area contributed by atoms with Crippen LogP contribution in [-0.2, 0) is 9.47 Å². The van der Waals surface area contributed by atoms with Crippen LogP contribution in [0.5, 0.6) is 0 Å². The molecule has 0 saturated heterocycles. The number of carbonyl (C=O) groups is 2. The first-order valence-electron chi connectivity index (χ1n) is 8.12. The van der Waals surface area contributed by atoms with Crippen LogP contribution in [0.4, 0.5) is 4.39 Å². The molecule has 0 spiro atoms. The zero-order valence-corrected chi connectivity index (χ0v) is 15.1. The van der Waals surface area contributed by atoms with Crippen molar-refractivity contribution in [1.29, 1.82) is 0 Å². The summed E-state index contributed by atoms with van der Waals surface area (Å²) < 4.78 is 25.0. The third kappa shape index (κ3) is 3.35. The summed E-state index contributed by atoms with van der Waals surface area (Å²) in [6.07, 6.45) is 5.38. The molecule has 0 amide bonds. The summed E-state index contributed by atoms with van der Waals surface area (Å²) >= 11 is 0. The molecule has 0 aliphatic heterocycles. The van der Waals surface area contributed by atoms with E-state index < -0.39 is 17.8 Å². The van der Waals surface area contributed by atoms with Crippen molar-refractivity contribution in [3.8, 4) is 29.3 Å². The Balaban J connectivity index is 2.39. The first-order valence-corrected chi connectivity index (χ1v) is 8.12. The van der Waals surface area contributed by atoms with Gasteiger partial charge in [-0.05, 0) is 30.3 Å². The smallest absolute Gasteiger partial charge is 0.357 e. The minimum absolute atomic E-state index is 0.0482. The molecule has 0 unspecified atom stereocenters. The summed E-state index contributed by atoms with van der Waals surface area (Å²) in [5.74, 6) is 0.133. The van der Waals surface area contributed by atoms with E-state index in [1.807, 2.05) is 0 Å². The fourth-order valence-electron chi connectivity index (χ4n) is 2.77. The van der Waals surface area contributed by atoms with E-state index in [1.165, 1.54) is 37.1 Å². The maximum absolute atomic E-state index is 14.0. The van der Waals surface area contributed by atoms with Gasteiger partial charge in [0.05, 0.1) is 19.9 Å². The lowest BCUT2D eigenvalue weighted by Crippen LogP contribution is -2.15. The van der Waals surface area contributed by atoms with Crippen LogP contribution in [0, 0.1) is 18.2 Å². The molecule has 0 fully saturated rings. The average Bonchev–Trinajstić information content (AvgIpc) is 3.13. The molecular formula is C21H15FN2O4. The van der Waals surface area contributed by atoms with Gasteiger partial charge in [-0.3, -0.25) is 0 Å². The van der Waals surface area contributed by atoms with E-state index in [-0.39, 0.29) is 28.1 Å². The third-order valence-corrected chi connectivity index (χ3v) is 3.99. The summed E-state index contributed by atoms with van der Waals surface area (Å²) in [6.45, 7) is 0. The van der Waals surface area contributed by atoms with Gasteiger partial charge in [-0.15, -0.1) is 6.42 Å². The minimum atomic E-state index is -0.816. The van der Waals surface area contributed by atoms with Crippen LogP contribution in [0.2, 0.25) is 0 Å². The number of esters is 2. The quantitative estimate of drug-likeness (QED) is 0.515. The molecule has 2 aromatic carbocycles. The standard InChI is InChI=1S/C21H15FN2O4/c1-4-13-10-14(12-15(22)11-13)18-17(20(25)27-2)19(21(26)28-3)24(23-18)16-8-6-5-7-9-16/h1,5-12H,2-3H3. The predicted molar refractivity (Wildman–Crippen MR) is 99.6 cm³/mol. The number of ether oxygens (including phenoxy) is 2. The Kier molecular flexibility index (Phi) is 5.23. The number of terminal acetylenes is 1. The molecular weight excluding hydrogens is 363 g/mol. The topological polar surface area (TPSA) is 70.4 Å². The van der Waals surface area contributed by atoms with Crippen molar-refractivity contribution < 1.29 is 23.5 Å². The van der Waals surface area contributed by atoms with Crippen LogP contribution < -0.4 is 0 Å². The molecule has 6 nitrogen and oxygen atoms in total. The number of carbonyl (C=O) groups excluding carboxylic acids is 2. The van der Waals surface area contributed by atoms with Crippen LogP contribution in [0.15, 0.2) is 48.5 Å². The maximum Gasteiger partial charge on any atom is 0.357 e. The highest BCUT2D eigenvalue weighted by Crippen LogP contribution is 2.30. The zero-order valence-electron chi connectivity index (χ0n) is 15.1. The normalized spacial score (nSPS) is 10.2. The highest BCUT2D eigenvalue weighted by molar-refractivity contribution is 6.06. The summed E-state index contributed by atoms with van der Waals surface area (Å²) in [5.41, 5.74) is 0.765. The first kappa shape index (κ1) is 18.9. The van der Waals surface area contributed by atoms with Crippen LogP contribution in [0.3, 0.4) is 0 Å². The van der Waals surface area contributed by atoms with Gasteiger partial charge < -0.3 is 9.47 Å². The summed E-state index contributed by atoms with van der Waals surface area (Å²) in [7, 11) is 2.36. The predicted octanol–water partition coefficient (Wildman–Crippen LogP) is 3.23. The summed E-state index contributed by atoms with van der Waals surface area (Å²) in [5, 5.41) is 4.38. The minimum Gasteiger partial charge on any atom is -0.465 e. The number of nitrogens with zero attached hydrogens (tertiary/aromatic N) is 2. The molecule has 28 heavy (non-hydrogen) atoms. The van der Waals surface area contributed by atoms with Gasteiger partial charge in [-0.25, -0.2) is 18.7 Å². The Morgan fingerprint density at radius 3 is 2.36 bits per heavy atom. The number of benzene rings is 2. The van der Waals surface area contributed by atoms with E-state index in [0.717, 1.165) is 0 Å². The molecule has 1 aromatic heterocycles. The van der Waals surface area contributed by atoms with E-state index in [2.05, 4.69) is 11.0 Å². The molecule has 3 aromatic rings. The van der Waals surface area contributed by atoms with Crippen LogP contribution in [-0.4, -0.2) is 35.9 Å². The fraction of sp³-hybridized carbons (Fsp3) is 0.0952. The van der Waals surface area contributed by atoms with Crippen LogP contribution >= 0.6 is 0 Å². The lowest BCUT2D eigenvalue weighted by molar-refractivity contribution is 0.0549. The van der Waals surface area contributed by atoms with Gasteiger partial charge in [0.1, 0.15) is 17.1 Å². The number of halogens is 1. The van der Waals surface area contributed by atoms with Crippen molar-refractivity contribution in [3.63, 3.8) is 0 Å². The van der Waals surface area contributed by atoms with Gasteiger partial charge >= 0.3 is 11.9 Å². The number of hydrogen-bond acceptors (Lipinski definition) is 5. The van der Waals surface area contributed by atoms with Gasteiger partial charge in [-0.1, -0.05) is 24.1 Å². The Morgan fingerprint density at radius 1 is 1.07 bits per heavy atom. The van der Waals surface area contributed by atoms with Crippen molar-refractivity contribution in [3.05, 3.63) is 71.2 Å². The second-order valence-electron chi connectivity index (χ2n) is 5.68. The second-order valence-corrected chi connectivity index (χ2v) is 5.68. The lowest BCUT2D eigenvalue weighted by atomic mass is 10.0. The first-order chi connectivity index (χ1) is 13.5. The molecule has 3 rings (SSSR count). The highest BCUT2D eigenvalue weighted by atomic mass is 19.1. The molecule has 0 atom stereocenters. The number of hydrogen-bond donors (Lipinski definition) is 0. The molecule has 0 aliphatic carbocycles. The maximum atomic E-state index is 14.0. The van der Waals surface area contributed by atoms with Crippen molar-refractivity contribution in [2.45, 2.75) is 0 Å². The Hall–Kier alpha value is -3.92. The average molecular weight is 378 g/mol. The van der Waals surface area contributed by atoms with Crippen LogP contribution in [0.25, 0.3) is 16.9 Å². The molecule has 0 N–H and O–H groups in total. The van der Waals surface area contributed by atoms with Crippen molar-refractivity contribution in [2.24, 2.45) is 0 Å². The van der Waals surface area contributed by atoms with Gasteiger partial charge in [0.2, 0.25) is 0 Å². The van der Waals surface area contributed by atoms with Gasteiger partial charge in [-0.2, -0.15) is 5.10 Å². The van der Waals surface area contributed by atoms with Gasteiger partial charge in [0, 0.05) is 11.1 Å². The van der Waals surface area contributed by atoms with Gasteiger partial charge in [0.15, 0.2) is 5.69 Å². The van der Waals surface area contributed by atoms with E-state index in [0.29, 0.717) is 5.69 Å². The van der Waals surface area contributed by atoms with E-state index in [9.17, 15) is 14.0 Å². The molecule has 0 aliphatic rings. The summed E-state index contributed by atoms with van der Waals surface area (Å²) in [6, 6.07) is 12.5. The largest absolute Gasteiger partial charge is 0.465 e. The molecule has 140 valence electrons. The summed E-state index contributed by atoms with van der Waals surface area (Å²) in [4.78, 5) is 25.0. The van der Waals surface area contributed by atoms with Crippen LogP contribution in [0.1, 0.15) is 26.4 Å². The van der Waals surface area contributed by atoms with E-state index in [4.69, 9.17) is 15.9 Å². The van der Waals surface area contributed by atoms with Gasteiger partial charge in [0.25, 0.3) is 0 Å². The third-order valence-electron chi connectivity index (χ3n) is 3.99.